The molecule has 3 N–H and O–H groups in total. The van der Waals surface area contributed by atoms with Gasteiger partial charge in [-0.25, -0.2) is 9.37 Å². The Hall–Kier alpha value is -2.25. The van der Waals surface area contributed by atoms with Crippen LogP contribution in [0.25, 0.3) is 21.7 Å². The van der Waals surface area contributed by atoms with E-state index in [0.717, 1.165) is 30.5 Å². The van der Waals surface area contributed by atoms with E-state index in [1.165, 1.54) is 16.5 Å². The van der Waals surface area contributed by atoms with Gasteiger partial charge in [0.05, 0.1) is 16.0 Å². The molecule has 0 fully saturated rings. The standard InChI is InChI=1S/C16H15FN4OS/c1-21-3-2-8-4-12(23-13(8)7-21)16-19-11-6-9(17)5-10(15(18)22)14(11)20-16/h4-6H,2-3,7H2,1H3,(H2,18,22)(H,19,20). The Morgan fingerprint density at radius 2 is 2.26 bits per heavy atom. The number of nitrogens with one attached hydrogen (secondary N) is 1. The maximum absolute atomic E-state index is 13.6. The highest BCUT2D eigenvalue weighted by atomic mass is 32.1. The van der Waals surface area contributed by atoms with Crippen LogP contribution in [-0.2, 0) is 13.0 Å². The third kappa shape index (κ3) is 2.42. The molecule has 1 aliphatic heterocycles. The zero-order valence-electron chi connectivity index (χ0n) is 12.5. The van der Waals surface area contributed by atoms with Crippen molar-refractivity contribution >= 4 is 28.3 Å². The molecule has 0 spiro atoms. The molecule has 0 saturated heterocycles. The van der Waals surface area contributed by atoms with Crippen molar-refractivity contribution in [2.75, 3.05) is 13.6 Å². The normalized spacial score (nSPS) is 15.0. The summed E-state index contributed by atoms with van der Waals surface area (Å²) >= 11 is 1.68. The molecule has 4 rings (SSSR count). The second-order valence-corrected chi connectivity index (χ2v) is 6.98. The van der Waals surface area contributed by atoms with Crippen LogP contribution in [0.15, 0.2) is 18.2 Å². The molecule has 0 radical (unpaired) electrons. The summed E-state index contributed by atoms with van der Waals surface area (Å²) in [5, 5.41) is 0. The van der Waals surface area contributed by atoms with E-state index in [2.05, 4.69) is 28.0 Å². The maximum Gasteiger partial charge on any atom is 0.251 e. The van der Waals surface area contributed by atoms with Gasteiger partial charge < -0.3 is 15.6 Å². The predicted molar refractivity (Wildman–Crippen MR) is 87.9 cm³/mol. The van der Waals surface area contributed by atoms with Crippen LogP contribution in [0.2, 0.25) is 0 Å². The number of hydrogen-bond acceptors (Lipinski definition) is 4. The van der Waals surface area contributed by atoms with Crippen LogP contribution in [0.3, 0.4) is 0 Å². The first-order valence-corrected chi connectivity index (χ1v) is 8.12. The van der Waals surface area contributed by atoms with Crippen LogP contribution in [0.4, 0.5) is 4.39 Å². The van der Waals surface area contributed by atoms with Crippen LogP contribution < -0.4 is 5.73 Å². The molecule has 1 aromatic carbocycles. The van der Waals surface area contributed by atoms with Crippen LogP contribution in [-0.4, -0.2) is 34.4 Å². The van der Waals surface area contributed by atoms with E-state index in [0.29, 0.717) is 16.9 Å². The molecule has 0 bridgehead atoms. The highest BCUT2D eigenvalue weighted by Crippen LogP contribution is 2.34. The number of primary amides is 1. The van der Waals surface area contributed by atoms with Crippen molar-refractivity contribution in [3.63, 3.8) is 0 Å². The number of nitrogens with two attached hydrogens (primary N) is 1. The largest absolute Gasteiger partial charge is 0.366 e. The van der Waals surface area contributed by atoms with Gasteiger partial charge in [-0.1, -0.05) is 0 Å². The highest BCUT2D eigenvalue weighted by molar-refractivity contribution is 7.15. The SMILES string of the molecule is CN1CCc2cc(-c3nc4c(C(N)=O)cc(F)cc4[nH]3)sc2C1. The number of aromatic amines is 1. The van der Waals surface area contributed by atoms with Gasteiger partial charge in [-0.3, -0.25) is 4.79 Å². The number of benzene rings is 1. The smallest absolute Gasteiger partial charge is 0.251 e. The van der Waals surface area contributed by atoms with E-state index in [9.17, 15) is 9.18 Å². The van der Waals surface area contributed by atoms with Crippen molar-refractivity contribution in [2.45, 2.75) is 13.0 Å². The molecule has 0 atom stereocenters. The molecule has 5 nitrogen and oxygen atoms in total. The second kappa shape index (κ2) is 5.14. The summed E-state index contributed by atoms with van der Waals surface area (Å²) in [4.78, 5) is 23.7. The first kappa shape index (κ1) is 14.3. The number of amides is 1. The fourth-order valence-corrected chi connectivity index (χ4v) is 4.19. The van der Waals surface area contributed by atoms with Crippen molar-refractivity contribution < 1.29 is 9.18 Å². The highest BCUT2D eigenvalue weighted by Gasteiger charge is 2.20. The monoisotopic (exact) mass is 330 g/mol. The van der Waals surface area contributed by atoms with Gasteiger partial charge in [0.2, 0.25) is 0 Å². The minimum atomic E-state index is -0.681. The van der Waals surface area contributed by atoms with E-state index in [1.54, 1.807) is 11.3 Å². The van der Waals surface area contributed by atoms with E-state index in [1.807, 2.05) is 0 Å². The Morgan fingerprint density at radius 1 is 1.43 bits per heavy atom. The number of fused-ring (bicyclic) bond motifs is 2. The number of halogens is 1. The summed E-state index contributed by atoms with van der Waals surface area (Å²) in [5.74, 6) is -0.539. The lowest BCUT2D eigenvalue weighted by molar-refractivity contribution is 0.100. The third-order valence-corrected chi connectivity index (χ3v) is 5.29. The van der Waals surface area contributed by atoms with E-state index < -0.39 is 11.7 Å². The Kier molecular flexibility index (Phi) is 3.21. The van der Waals surface area contributed by atoms with Gasteiger partial charge in [0, 0.05) is 18.0 Å². The Balaban J connectivity index is 1.84. The molecule has 3 heterocycles. The molecular weight excluding hydrogens is 315 g/mol. The number of thiophene rings is 1. The van der Waals surface area contributed by atoms with Crippen LogP contribution in [0.1, 0.15) is 20.8 Å². The molecule has 0 unspecified atom stereocenters. The molecule has 118 valence electrons. The summed E-state index contributed by atoms with van der Waals surface area (Å²) in [6.07, 6.45) is 1.02. The van der Waals surface area contributed by atoms with E-state index in [4.69, 9.17) is 5.73 Å². The molecule has 2 aromatic heterocycles. The summed E-state index contributed by atoms with van der Waals surface area (Å²) in [5.41, 5.74) is 7.67. The zero-order chi connectivity index (χ0) is 16.1. The number of rotatable bonds is 2. The number of imidazole rings is 1. The number of nitrogens with zero attached hydrogens (tertiary/aromatic N) is 2. The Bertz CT molecular complexity index is 930. The van der Waals surface area contributed by atoms with Gasteiger partial charge in [0.15, 0.2) is 0 Å². The third-order valence-electron chi connectivity index (χ3n) is 4.12. The predicted octanol–water partition coefficient (Wildman–Crippen LogP) is 2.52. The second-order valence-electron chi connectivity index (χ2n) is 5.85. The molecule has 0 aliphatic carbocycles. The van der Waals surface area contributed by atoms with Gasteiger partial charge in [-0.2, -0.15) is 0 Å². The summed E-state index contributed by atoms with van der Waals surface area (Å²) in [6, 6.07) is 4.59. The molecule has 7 heteroatoms. The van der Waals surface area contributed by atoms with Crippen LogP contribution in [0.5, 0.6) is 0 Å². The quantitative estimate of drug-likeness (QED) is 0.758. The van der Waals surface area contributed by atoms with E-state index >= 15 is 0 Å². The van der Waals surface area contributed by atoms with Gasteiger partial charge in [-0.05, 0) is 37.2 Å². The fourth-order valence-electron chi connectivity index (χ4n) is 2.95. The number of likely N-dealkylation sites (N-methyl/N-ethyl adjacent to an activating group) is 1. The van der Waals surface area contributed by atoms with E-state index in [-0.39, 0.29) is 5.56 Å². The number of carbonyl (C=O) groups excluding carboxylic acids is 1. The fraction of sp³-hybridized carbons (Fsp3) is 0.250. The van der Waals surface area contributed by atoms with Crippen molar-refractivity contribution in [3.05, 3.63) is 40.0 Å². The molecule has 23 heavy (non-hydrogen) atoms. The zero-order valence-corrected chi connectivity index (χ0v) is 13.3. The molecule has 3 aromatic rings. The average molecular weight is 330 g/mol. The lowest BCUT2D eigenvalue weighted by Crippen LogP contribution is -2.24. The molecule has 1 amide bonds. The summed E-state index contributed by atoms with van der Waals surface area (Å²) in [6.45, 7) is 1.97. The Morgan fingerprint density at radius 3 is 3.04 bits per heavy atom. The topological polar surface area (TPSA) is 75.0 Å². The molecule has 0 saturated carbocycles. The first-order valence-electron chi connectivity index (χ1n) is 7.31. The van der Waals surface area contributed by atoms with Crippen molar-refractivity contribution in [1.29, 1.82) is 0 Å². The number of hydrogen-bond donors (Lipinski definition) is 2. The average Bonchev–Trinajstić information content (AvgIpc) is 3.08. The minimum absolute atomic E-state index is 0.101. The van der Waals surface area contributed by atoms with Crippen LogP contribution in [0, 0.1) is 5.82 Å². The van der Waals surface area contributed by atoms with Gasteiger partial charge in [0.1, 0.15) is 17.2 Å². The lowest BCUT2D eigenvalue weighted by atomic mass is 10.1. The summed E-state index contributed by atoms with van der Waals surface area (Å²) < 4.78 is 13.6. The Labute approximate surface area is 135 Å². The minimum Gasteiger partial charge on any atom is -0.366 e. The van der Waals surface area contributed by atoms with Gasteiger partial charge >= 0.3 is 0 Å². The number of aromatic nitrogens is 2. The van der Waals surface area contributed by atoms with Crippen molar-refractivity contribution in [3.8, 4) is 10.7 Å². The molecular formula is C16H15FN4OS. The first-order chi connectivity index (χ1) is 11.0. The lowest BCUT2D eigenvalue weighted by Gasteiger charge is -2.21. The maximum atomic E-state index is 13.6. The number of carbonyl (C=O) groups is 1. The van der Waals surface area contributed by atoms with Gasteiger partial charge in [-0.15, -0.1) is 11.3 Å². The number of H-pyrrole nitrogens is 1. The van der Waals surface area contributed by atoms with Crippen LogP contribution >= 0.6 is 11.3 Å². The van der Waals surface area contributed by atoms with Crippen molar-refractivity contribution in [1.82, 2.24) is 14.9 Å². The van der Waals surface area contributed by atoms with Gasteiger partial charge in [0.25, 0.3) is 5.91 Å². The van der Waals surface area contributed by atoms with Crippen molar-refractivity contribution in [2.24, 2.45) is 5.73 Å². The molecule has 1 aliphatic rings. The summed E-state index contributed by atoms with van der Waals surface area (Å²) in [7, 11) is 2.10.